The first-order chi connectivity index (χ1) is 9.54. The molecule has 1 fully saturated rings. The van der Waals surface area contributed by atoms with E-state index in [-0.39, 0.29) is 24.5 Å². The van der Waals surface area contributed by atoms with Crippen LogP contribution in [0.15, 0.2) is 12.1 Å². The third-order valence-electron chi connectivity index (χ3n) is 3.05. The molecular weight excluding hydrogens is 260 g/mol. The summed E-state index contributed by atoms with van der Waals surface area (Å²) in [7, 11) is 0. The molecule has 20 heavy (non-hydrogen) atoms. The fourth-order valence-electron chi connectivity index (χ4n) is 1.98. The van der Waals surface area contributed by atoms with E-state index in [0.29, 0.717) is 19.0 Å². The lowest BCUT2D eigenvalue weighted by Gasteiger charge is -2.16. The van der Waals surface area contributed by atoms with Gasteiger partial charge in [-0.1, -0.05) is 0 Å². The van der Waals surface area contributed by atoms with Crippen LogP contribution in [0.25, 0.3) is 0 Å². The van der Waals surface area contributed by atoms with E-state index in [0.717, 1.165) is 12.1 Å². The summed E-state index contributed by atoms with van der Waals surface area (Å²) in [5, 5.41) is 10.4. The molecule has 1 N–H and O–H groups in total. The number of aryl methyl sites for hydroxylation is 1. The molecule has 2 rings (SSSR count). The van der Waals surface area contributed by atoms with Gasteiger partial charge in [-0.05, 0) is 13.0 Å². The number of nitrogens with one attached hydrogen (secondary N) is 1. The average molecular weight is 278 g/mol. The minimum absolute atomic E-state index is 0.0341. The van der Waals surface area contributed by atoms with Crippen molar-refractivity contribution in [1.82, 2.24) is 20.4 Å². The Bertz CT molecular complexity index is 489. The Morgan fingerprint density at radius 1 is 1.45 bits per heavy atom. The molecule has 1 aliphatic heterocycles. The van der Waals surface area contributed by atoms with E-state index in [1.54, 1.807) is 11.0 Å². The van der Waals surface area contributed by atoms with Gasteiger partial charge >= 0.3 is 0 Å². The molecule has 0 bridgehead atoms. The summed E-state index contributed by atoms with van der Waals surface area (Å²) in [4.78, 5) is 24.3. The first-order valence-electron chi connectivity index (χ1n) is 6.54. The molecule has 0 saturated carbocycles. The molecule has 1 saturated heterocycles. The average Bonchev–Trinajstić information content (AvgIpc) is 2.87. The Morgan fingerprint density at radius 2 is 2.25 bits per heavy atom. The van der Waals surface area contributed by atoms with E-state index < -0.39 is 0 Å². The van der Waals surface area contributed by atoms with Crippen LogP contribution in [0.4, 0.5) is 0 Å². The highest BCUT2D eigenvalue weighted by Crippen LogP contribution is 2.16. The maximum Gasteiger partial charge on any atom is 0.242 e. The summed E-state index contributed by atoms with van der Waals surface area (Å²) < 4.78 is 5.68. The molecule has 0 aromatic carbocycles. The van der Waals surface area contributed by atoms with Gasteiger partial charge in [0.15, 0.2) is 0 Å². The minimum Gasteiger partial charge on any atom is -0.471 e. The summed E-state index contributed by atoms with van der Waals surface area (Å²) >= 11 is 0. The fourth-order valence-corrected chi connectivity index (χ4v) is 1.98. The molecule has 1 aliphatic rings. The van der Waals surface area contributed by atoms with Crippen LogP contribution in [0.2, 0.25) is 0 Å². The predicted octanol–water partition coefficient (Wildman–Crippen LogP) is -0.0992. The van der Waals surface area contributed by atoms with Crippen molar-refractivity contribution >= 4 is 11.8 Å². The quantitative estimate of drug-likeness (QED) is 0.831. The third-order valence-corrected chi connectivity index (χ3v) is 3.05. The molecule has 0 unspecified atom stereocenters. The Hall–Kier alpha value is -2.18. The zero-order valence-corrected chi connectivity index (χ0v) is 11.6. The van der Waals surface area contributed by atoms with Gasteiger partial charge in [-0.2, -0.15) is 5.10 Å². The van der Waals surface area contributed by atoms with Crippen molar-refractivity contribution in [2.45, 2.75) is 26.4 Å². The molecule has 0 radical (unpaired) electrons. The maximum absolute atomic E-state index is 11.8. The standard InChI is InChI=1S/C13H18N4O3/c1-9-3-4-12(16-15-9)20-11-5-6-17(8-11)13(19)7-14-10(2)18/h3-4,11H,5-8H2,1-2H3,(H,14,18)/t11-/m1/s1. The number of aromatic nitrogens is 2. The van der Waals surface area contributed by atoms with Crippen LogP contribution < -0.4 is 10.1 Å². The van der Waals surface area contributed by atoms with Gasteiger partial charge in [-0.3, -0.25) is 9.59 Å². The number of ether oxygens (including phenoxy) is 1. The topological polar surface area (TPSA) is 84.4 Å². The lowest BCUT2D eigenvalue weighted by Crippen LogP contribution is -2.39. The second-order valence-corrected chi connectivity index (χ2v) is 4.79. The van der Waals surface area contributed by atoms with E-state index >= 15 is 0 Å². The van der Waals surface area contributed by atoms with Crippen molar-refractivity contribution in [3.63, 3.8) is 0 Å². The van der Waals surface area contributed by atoms with Crippen LogP contribution >= 0.6 is 0 Å². The first-order valence-corrected chi connectivity index (χ1v) is 6.54. The van der Waals surface area contributed by atoms with Crippen LogP contribution in [-0.2, 0) is 9.59 Å². The van der Waals surface area contributed by atoms with Crippen LogP contribution in [0.5, 0.6) is 5.88 Å². The van der Waals surface area contributed by atoms with Gasteiger partial charge in [0.1, 0.15) is 6.10 Å². The van der Waals surface area contributed by atoms with Crippen LogP contribution in [-0.4, -0.2) is 52.6 Å². The van der Waals surface area contributed by atoms with Crippen molar-refractivity contribution in [2.24, 2.45) is 0 Å². The maximum atomic E-state index is 11.8. The minimum atomic E-state index is -0.208. The molecule has 2 amide bonds. The summed E-state index contributed by atoms with van der Waals surface area (Å²) in [6, 6.07) is 3.60. The van der Waals surface area contributed by atoms with E-state index in [1.165, 1.54) is 6.92 Å². The molecule has 1 aromatic rings. The van der Waals surface area contributed by atoms with E-state index in [2.05, 4.69) is 15.5 Å². The molecule has 7 nitrogen and oxygen atoms in total. The van der Waals surface area contributed by atoms with Crippen LogP contribution in [0.1, 0.15) is 19.0 Å². The SMILES string of the molecule is CC(=O)NCC(=O)N1CC[C@@H](Oc2ccc(C)nn2)C1. The van der Waals surface area contributed by atoms with Crippen molar-refractivity contribution in [3.8, 4) is 5.88 Å². The Balaban J connectivity index is 1.81. The molecular formula is C13H18N4O3. The lowest BCUT2D eigenvalue weighted by atomic mass is 10.3. The van der Waals surface area contributed by atoms with Crippen molar-refractivity contribution in [1.29, 1.82) is 0 Å². The smallest absolute Gasteiger partial charge is 0.242 e. The highest BCUT2D eigenvalue weighted by atomic mass is 16.5. The van der Waals surface area contributed by atoms with Gasteiger partial charge in [0.05, 0.1) is 18.8 Å². The number of amides is 2. The first kappa shape index (κ1) is 14.2. The molecule has 7 heteroatoms. The van der Waals surface area contributed by atoms with Crippen LogP contribution in [0.3, 0.4) is 0 Å². The van der Waals surface area contributed by atoms with Gasteiger partial charge in [0, 0.05) is 26.0 Å². The van der Waals surface area contributed by atoms with Gasteiger partial charge < -0.3 is 15.0 Å². The number of rotatable bonds is 4. The molecule has 0 spiro atoms. The zero-order valence-electron chi connectivity index (χ0n) is 11.6. The highest BCUT2D eigenvalue weighted by molar-refractivity contribution is 5.83. The lowest BCUT2D eigenvalue weighted by molar-refractivity contribution is -0.131. The van der Waals surface area contributed by atoms with Crippen molar-refractivity contribution < 1.29 is 14.3 Å². The number of nitrogens with zero attached hydrogens (tertiary/aromatic N) is 3. The third kappa shape index (κ3) is 3.91. The number of carbonyl (C=O) groups is 2. The van der Waals surface area contributed by atoms with Gasteiger partial charge in [-0.25, -0.2) is 0 Å². The summed E-state index contributed by atoms with van der Waals surface area (Å²) in [6.07, 6.45) is 0.676. The number of hydrogen-bond donors (Lipinski definition) is 1. The fraction of sp³-hybridized carbons (Fsp3) is 0.538. The van der Waals surface area contributed by atoms with Gasteiger partial charge in [0.25, 0.3) is 0 Å². The number of likely N-dealkylation sites (tertiary alicyclic amines) is 1. The predicted molar refractivity (Wildman–Crippen MR) is 71.1 cm³/mol. The van der Waals surface area contributed by atoms with E-state index in [9.17, 15) is 9.59 Å². The Morgan fingerprint density at radius 3 is 2.90 bits per heavy atom. The normalized spacial score (nSPS) is 17.9. The molecule has 2 heterocycles. The number of hydrogen-bond acceptors (Lipinski definition) is 5. The second-order valence-electron chi connectivity index (χ2n) is 4.79. The van der Waals surface area contributed by atoms with Crippen molar-refractivity contribution in [3.05, 3.63) is 17.8 Å². The Kier molecular flexibility index (Phi) is 4.49. The van der Waals surface area contributed by atoms with Gasteiger partial charge in [-0.15, -0.1) is 5.10 Å². The summed E-state index contributed by atoms with van der Waals surface area (Å²) in [6.45, 7) is 4.41. The Labute approximate surface area is 117 Å². The van der Waals surface area contributed by atoms with Crippen molar-refractivity contribution in [2.75, 3.05) is 19.6 Å². The second kappa shape index (κ2) is 6.31. The van der Waals surface area contributed by atoms with Gasteiger partial charge in [0.2, 0.25) is 17.7 Å². The number of carbonyl (C=O) groups excluding carboxylic acids is 2. The van der Waals surface area contributed by atoms with E-state index in [1.807, 2.05) is 13.0 Å². The molecule has 1 aromatic heterocycles. The van der Waals surface area contributed by atoms with Crippen LogP contribution in [0, 0.1) is 6.92 Å². The molecule has 1 atom stereocenters. The summed E-state index contributed by atoms with van der Waals surface area (Å²) in [5.74, 6) is 0.165. The molecule has 108 valence electrons. The summed E-state index contributed by atoms with van der Waals surface area (Å²) in [5.41, 5.74) is 0.830. The van der Waals surface area contributed by atoms with E-state index in [4.69, 9.17) is 4.74 Å². The zero-order chi connectivity index (χ0) is 14.5. The largest absolute Gasteiger partial charge is 0.471 e. The molecule has 0 aliphatic carbocycles. The monoisotopic (exact) mass is 278 g/mol. The highest BCUT2D eigenvalue weighted by Gasteiger charge is 2.27.